The molecule has 0 aromatic carbocycles. The van der Waals surface area contributed by atoms with Crippen molar-refractivity contribution in [1.82, 2.24) is 20.0 Å². The van der Waals surface area contributed by atoms with Crippen LogP contribution in [0.25, 0.3) is 0 Å². The lowest BCUT2D eigenvalue weighted by molar-refractivity contribution is -0.133. The minimum absolute atomic E-state index is 0.0718. The molecular weight excluding hydrogens is 304 g/mol. The van der Waals surface area contributed by atoms with E-state index in [4.69, 9.17) is 0 Å². The Kier molecular flexibility index (Phi) is 4.40. The molecule has 3 rings (SSSR count). The Morgan fingerprint density at radius 1 is 1.33 bits per heavy atom. The summed E-state index contributed by atoms with van der Waals surface area (Å²) in [6.07, 6.45) is 5.64. The maximum Gasteiger partial charge on any atom is 0.272 e. The predicted octanol–water partition coefficient (Wildman–Crippen LogP) is 2.30. The minimum Gasteiger partial charge on any atom is -0.351 e. The van der Waals surface area contributed by atoms with Crippen molar-refractivity contribution in [2.75, 3.05) is 7.05 Å². The molecule has 6 heteroatoms. The highest BCUT2D eigenvalue weighted by atomic mass is 16.2. The quantitative estimate of drug-likeness (QED) is 0.923. The van der Waals surface area contributed by atoms with Gasteiger partial charge in [0.25, 0.3) is 5.91 Å². The van der Waals surface area contributed by atoms with Gasteiger partial charge in [-0.25, -0.2) is 0 Å². The van der Waals surface area contributed by atoms with E-state index in [1.165, 1.54) is 6.42 Å². The van der Waals surface area contributed by atoms with Crippen LogP contribution >= 0.6 is 0 Å². The summed E-state index contributed by atoms with van der Waals surface area (Å²) >= 11 is 0. The van der Waals surface area contributed by atoms with Crippen molar-refractivity contribution in [2.45, 2.75) is 76.9 Å². The number of fused-ring (bicyclic) bond motifs is 1. The molecule has 1 aromatic rings. The molecule has 0 bridgehead atoms. The summed E-state index contributed by atoms with van der Waals surface area (Å²) in [5, 5.41) is 7.72. The summed E-state index contributed by atoms with van der Waals surface area (Å²) in [7, 11) is 1.72. The fourth-order valence-corrected chi connectivity index (χ4v) is 3.62. The van der Waals surface area contributed by atoms with E-state index >= 15 is 0 Å². The number of carbonyl (C=O) groups is 2. The van der Waals surface area contributed by atoms with E-state index < -0.39 is 5.54 Å². The number of likely N-dealkylation sites (N-methyl/N-ethyl adjacent to an activating group) is 1. The van der Waals surface area contributed by atoms with E-state index in [0.717, 1.165) is 31.4 Å². The number of nitrogens with one attached hydrogen (secondary N) is 1. The molecule has 24 heavy (non-hydrogen) atoms. The zero-order valence-electron chi connectivity index (χ0n) is 15.1. The average Bonchev–Trinajstić information content (AvgIpc) is 2.98. The van der Waals surface area contributed by atoms with Gasteiger partial charge in [-0.15, -0.1) is 0 Å². The molecule has 0 spiro atoms. The molecule has 1 unspecified atom stereocenters. The fourth-order valence-electron chi connectivity index (χ4n) is 3.62. The third-order valence-electron chi connectivity index (χ3n) is 5.54. The molecule has 1 aromatic heterocycles. The minimum atomic E-state index is -0.901. The van der Waals surface area contributed by atoms with Gasteiger partial charge in [0, 0.05) is 13.1 Å². The number of amides is 2. The van der Waals surface area contributed by atoms with Crippen LogP contribution in [0, 0.1) is 0 Å². The first-order valence-electron chi connectivity index (χ1n) is 9.00. The van der Waals surface area contributed by atoms with Crippen molar-refractivity contribution in [1.29, 1.82) is 0 Å². The van der Waals surface area contributed by atoms with Crippen LogP contribution in [-0.4, -0.2) is 45.1 Å². The summed E-state index contributed by atoms with van der Waals surface area (Å²) in [4.78, 5) is 27.3. The number of aromatic nitrogens is 2. The Morgan fingerprint density at radius 3 is 2.62 bits per heavy atom. The SMILES string of the molecule is CC(C)c1cc2n(n1)CC(C)(C(=O)NC1CCCCC1)N(C)C2=O. The van der Waals surface area contributed by atoms with Crippen molar-refractivity contribution < 1.29 is 9.59 Å². The maximum absolute atomic E-state index is 12.9. The van der Waals surface area contributed by atoms with Crippen molar-refractivity contribution in [3.05, 3.63) is 17.5 Å². The number of hydrogen-bond acceptors (Lipinski definition) is 3. The molecule has 1 atom stereocenters. The molecule has 132 valence electrons. The van der Waals surface area contributed by atoms with Gasteiger partial charge in [-0.05, 0) is 31.7 Å². The Bertz CT molecular complexity index is 645. The zero-order chi connectivity index (χ0) is 17.5. The predicted molar refractivity (Wildman–Crippen MR) is 91.8 cm³/mol. The van der Waals surface area contributed by atoms with Crippen LogP contribution in [0.4, 0.5) is 0 Å². The summed E-state index contributed by atoms with van der Waals surface area (Å²) in [6.45, 7) is 6.34. The van der Waals surface area contributed by atoms with Gasteiger partial charge in [-0.2, -0.15) is 5.10 Å². The van der Waals surface area contributed by atoms with Crippen molar-refractivity contribution in [3.63, 3.8) is 0 Å². The Balaban J connectivity index is 1.83. The molecule has 0 radical (unpaired) electrons. The molecule has 1 N–H and O–H groups in total. The van der Waals surface area contributed by atoms with Crippen LogP contribution < -0.4 is 5.32 Å². The second-order valence-electron chi connectivity index (χ2n) is 7.71. The van der Waals surface area contributed by atoms with E-state index in [1.54, 1.807) is 16.6 Å². The third kappa shape index (κ3) is 2.82. The van der Waals surface area contributed by atoms with Crippen LogP contribution in [0.1, 0.15) is 75.0 Å². The van der Waals surface area contributed by atoms with E-state index in [-0.39, 0.29) is 23.8 Å². The molecule has 1 aliphatic heterocycles. The second-order valence-corrected chi connectivity index (χ2v) is 7.71. The second kappa shape index (κ2) is 6.22. The Hall–Kier alpha value is -1.85. The monoisotopic (exact) mass is 332 g/mol. The lowest BCUT2D eigenvalue weighted by atomic mass is 9.92. The molecule has 1 aliphatic carbocycles. The zero-order valence-corrected chi connectivity index (χ0v) is 15.1. The molecule has 6 nitrogen and oxygen atoms in total. The van der Waals surface area contributed by atoms with Gasteiger partial charge in [-0.1, -0.05) is 33.1 Å². The molecule has 2 aliphatic rings. The first kappa shape index (κ1) is 17.0. The molecule has 2 heterocycles. The first-order valence-corrected chi connectivity index (χ1v) is 9.00. The Labute approximate surface area is 143 Å². The summed E-state index contributed by atoms with van der Waals surface area (Å²) < 4.78 is 1.71. The third-order valence-corrected chi connectivity index (χ3v) is 5.54. The smallest absolute Gasteiger partial charge is 0.272 e. The number of nitrogens with zero attached hydrogens (tertiary/aromatic N) is 3. The van der Waals surface area contributed by atoms with Gasteiger partial charge in [-0.3, -0.25) is 14.3 Å². The highest BCUT2D eigenvalue weighted by Gasteiger charge is 2.46. The summed E-state index contributed by atoms with van der Waals surface area (Å²) in [5.41, 5.74) is 0.565. The molecule has 1 saturated carbocycles. The van der Waals surface area contributed by atoms with Gasteiger partial charge < -0.3 is 10.2 Å². The van der Waals surface area contributed by atoms with Crippen LogP contribution in [-0.2, 0) is 11.3 Å². The van der Waals surface area contributed by atoms with Gasteiger partial charge in [0.05, 0.1) is 12.2 Å². The lowest BCUT2D eigenvalue weighted by Gasteiger charge is -2.42. The summed E-state index contributed by atoms with van der Waals surface area (Å²) in [5.74, 6) is 0.0444. The normalized spacial score (nSPS) is 25.0. The molecule has 2 amide bonds. The van der Waals surface area contributed by atoms with Gasteiger partial charge in [0.2, 0.25) is 5.91 Å². The average molecular weight is 332 g/mol. The molecule has 0 saturated heterocycles. The molecular formula is C18H28N4O2. The van der Waals surface area contributed by atoms with Crippen LogP contribution in [0.2, 0.25) is 0 Å². The van der Waals surface area contributed by atoms with Gasteiger partial charge in [0.15, 0.2) is 0 Å². The van der Waals surface area contributed by atoms with E-state index in [9.17, 15) is 9.59 Å². The topological polar surface area (TPSA) is 67.2 Å². The fraction of sp³-hybridized carbons (Fsp3) is 0.722. The van der Waals surface area contributed by atoms with Crippen molar-refractivity contribution >= 4 is 11.8 Å². The van der Waals surface area contributed by atoms with E-state index in [1.807, 2.05) is 13.0 Å². The molecule has 1 fully saturated rings. The standard InChI is InChI=1S/C18H28N4O2/c1-12(2)14-10-15-16(23)21(4)18(3,11-22(15)20-14)17(24)19-13-8-6-5-7-9-13/h10,12-13H,5-9,11H2,1-4H3,(H,19,24). The van der Waals surface area contributed by atoms with Crippen molar-refractivity contribution in [2.24, 2.45) is 0 Å². The van der Waals surface area contributed by atoms with Gasteiger partial charge in [0.1, 0.15) is 11.2 Å². The summed E-state index contributed by atoms with van der Waals surface area (Å²) in [6, 6.07) is 2.08. The largest absolute Gasteiger partial charge is 0.351 e. The number of carbonyl (C=O) groups excluding carboxylic acids is 2. The number of hydrogen-bond donors (Lipinski definition) is 1. The van der Waals surface area contributed by atoms with Crippen molar-refractivity contribution in [3.8, 4) is 0 Å². The van der Waals surface area contributed by atoms with E-state index in [2.05, 4.69) is 24.3 Å². The first-order chi connectivity index (χ1) is 11.3. The highest BCUT2D eigenvalue weighted by Crippen LogP contribution is 2.28. The maximum atomic E-state index is 12.9. The highest BCUT2D eigenvalue weighted by molar-refractivity contribution is 5.99. The van der Waals surface area contributed by atoms with Crippen LogP contribution in [0.5, 0.6) is 0 Å². The van der Waals surface area contributed by atoms with Crippen LogP contribution in [0.3, 0.4) is 0 Å². The lowest BCUT2D eigenvalue weighted by Crippen LogP contribution is -2.63. The number of rotatable bonds is 3. The Morgan fingerprint density at radius 2 is 2.00 bits per heavy atom. The van der Waals surface area contributed by atoms with E-state index in [0.29, 0.717) is 12.2 Å². The van der Waals surface area contributed by atoms with Gasteiger partial charge >= 0.3 is 0 Å². The van der Waals surface area contributed by atoms with Crippen LogP contribution in [0.15, 0.2) is 6.07 Å².